The fourth-order valence-electron chi connectivity index (χ4n) is 3.52. The van der Waals surface area contributed by atoms with Crippen molar-refractivity contribution in [3.05, 3.63) is 69.9 Å². The van der Waals surface area contributed by atoms with E-state index in [1.807, 2.05) is 18.2 Å². The van der Waals surface area contributed by atoms with E-state index in [1.54, 1.807) is 0 Å². The molecule has 0 spiro atoms. The number of H-pyrrole nitrogens is 1. The highest BCUT2D eigenvalue weighted by atomic mass is 32.2. The van der Waals surface area contributed by atoms with Gasteiger partial charge < -0.3 is 4.98 Å². The average Bonchev–Trinajstić information content (AvgIpc) is 2.99. The zero-order valence-corrected chi connectivity index (χ0v) is 14.6. The molecule has 1 aromatic heterocycles. The summed E-state index contributed by atoms with van der Waals surface area (Å²) in [6.07, 6.45) is 2.10. The number of nitro benzene ring substituents is 1. The Morgan fingerprint density at radius 2 is 1.85 bits per heavy atom. The third kappa shape index (κ3) is 2.97. The molecule has 1 aliphatic carbocycles. The van der Waals surface area contributed by atoms with Crippen LogP contribution in [0.25, 0.3) is 10.9 Å². The lowest BCUT2D eigenvalue weighted by molar-refractivity contribution is -0.384. The Balaban J connectivity index is 1.54. The number of fused-ring (bicyclic) bond motifs is 3. The van der Waals surface area contributed by atoms with Gasteiger partial charge in [0, 0.05) is 41.2 Å². The van der Waals surface area contributed by atoms with Gasteiger partial charge in [-0.1, -0.05) is 18.2 Å². The van der Waals surface area contributed by atoms with Crippen molar-refractivity contribution in [2.75, 3.05) is 0 Å². The van der Waals surface area contributed by atoms with Gasteiger partial charge in [-0.15, -0.1) is 0 Å². The van der Waals surface area contributed by atoms with Crippen LogP contribution in [-0.2, 0) is 22.9 Å². The van der Waals surface area contributed by atoms with Crippen molar-refractivity contribution in [1.82, 2.24) is 9.71 Å². The molecular weight excluding hydrogens is 354 g/mol. The second-order valence-electron chi connectivity index (χ2n) is 6.44. The van der Waals surface area contributed by atoms with Crippen LogP contribution in [0, 0.1) is 10.1 Å². The Kier molecular flexibility index (Phi) is 4.01. The third-order valence-electron chi connectivity index (χ3n) is 4.77. The number of non-ortho nitro benzene ring substituents is 1. The maximum Gasteiger partial charge on any atom is 0.269 e. The van der Waals surface area contributed by atoms with Gasteiger partial charge in [0.25, 0.3) is 5.69 Å². The zero-order chi connectivity index (χ0) is 18.3. The van der Waals surface area contributed by atoms with E-state index in [0.717, 1.165) is 17.6 Å². The summed E-state index contributed by atoms with van der Waals surface area (Å²) in [5.41, 5.74) is 3.25. The van der Waals surface area contributed by atoms with E-state index < -0.39 is 14.9 Å². The van der Waals surface area contributed by atoms with Gasteiger partial charge >= 0.3 is 0 Å². The molecule has 0 aliphatic heterocycles. The molecule has 3 aromatic rings. The first-order chi connectivity index (χ1) is 12.4. The monoisotopic (exact) mass is 371 g/mol. The van der Waals surface area contributed by atoms with Crippen LogP contribution in [0.2, 0.25) is 0 Å². The van der Waals surface area contributed by atoms with Gasteiger partial charge in [-0.05, 0) is 36.6 Å². The first-order valence-corrected chi connectivity index (χ1v) is 9.77. The quantitative estimate of drug-likeness (QED) is 0.543. The number of hydrogen-bond acceptors (Lipinski definition) is 4. The molecule has 134 valence electrons. The number of para-hydroxylation sites is 1. The fourth-order valence-corrected chi connectivity index (χ4v) is 4.79. The summed E-state index contributed by atoms with van der Waals surface area (Å²) in [7, 11) is -3.72. The number of aromatic nitrogens is 1. The van der Waals surface area contributed by atoms with Crippen LogP contribution >= 0.6 is 0 Å². The minimum atomic E-state index is -3.72. The number of nitrogens with zero attached hydrogens (tertiary/aromatic N) is 1. The molecule has 26 heavy (non-hydrogen) atoms. The molecular formula is C18H17N3O4S. The molecule has 0 radical (unpaired) electrons. The minimum Gasteiger partial charge on any atom is -0.358 e. The van der Waals surface area contributed by atoms with E-state index in [9.17, 15) is 18.5 Å². The molecule has 7 nitrogen and oxygen atoms in total. The van der Waals surface area contributed by atoms with Crippen molar-refractivity contribution in [2.45, 2.75) is 30.2 Å². The van der Waals surface area contributed by atoms with Crippen LogP contribution in [0.15, 0.2) is 53.4 Å². The normalized spacial score (nSPS) is 17.2. The highest BCUT2D eigenvalue weighted by Gasteiger charge is 2.26. The van der Waals surface area contributed by atoms with Crippen LogP contribution in [0.1, 0.15) is 17.7 Å². The predicted molar refractivity (Wildman–Crippen MR) is 97.5 cm³/mol. The fraction of sp³-hybridized carbons (Fsp3) is 0.222. The number of nitro groups is 1. The van der Waals surface area contributed by atoms with E-state index in [2.05, 4.69) is 15.8 Å². The Bertz CT molecular complexity index is 1090. The highest BCUT2D eigenvalue weighted by molar-refractivity contribution is 7.89. The van der Waals surface area contributed by atoms with Gasteiger partial charge in [0.05, 0.1) is 9.82 Å². The molecule has 1 atom stereocenters. The molecule has 1 heterocycles. The SMILES string of the molecule is O=[N+]([O-])c1ccc(S(=O)(=O)NC2CCc3c([nH]c4ccccc34)C2)cc1. The first kappa shape index (κ1) is 16.7. The van der Waals surface area contributed by atoms with Gasteiger partial charge in [-0.2, -0.15) is 0 Å². The van der Waals surface area contributed by atoms with Crippen molar-refractivity contribution < 1.29 is 13.3 Å². The van der Waals surface area contributed by atoms with Crippen molar-refractivity contribution >= 4 is 26.6 Å². The van der Waals surface area contributed by atoms with E-state index in [0.29, 0.717) is 12.8 Å². The van der Waals surface area contributed by atoms with E-state index in [4.69, 9.17) is 0 Å². The number of aromatic amines is 1. The van der Waals surface area contributed by atoms with Crippen LogP contribution in [-0.4, -0.2) is 24.4 Å². The zero-order valence-electron chi connectivity index (χ0n) is 13.8. The number of nitrogens with one attached hydrogen (secondary N) is 2. The first-order valence-electron chi connectivity index (χ1n) is 8.29. The third-order valence-corrected chi connectivity index (χ3v) is 6.31. The second-order valence-corrected chi connectivity index (χ2v) is 8.15. The smallest absolute Gasteiger partial charge is 0.269 e. The molecule has 1 aliphatic rings. The largest absolute Gasteiger partial charge is 0.358 e. The van der Waals surface area contributed by atoms with Gasteiger partial charge in [0.1, 0.15) is 0 Å². The lowest BCUT2D eigenvalue weighted by Crippen LogP contribution is -2.38. The summed E-state index contributed by atoms with van der Waals surface area (Å²) in [5.74, 6) is 0. The van der Waals surface area contributed by atoms with Crippen molar-refractivity contribution in [2.24, 2.45) is 0 Å². The summed E-state index contributed by atoms with van der Waals surface area (Å²) in [6.45, 7) is 0. The molecule has 0 amide bonds. The number of hydrogen-bond donors (Lipinski definition) is 2. The standard InChI is InChI=1S/C18H17N3O4S/c22-21(23)13-6-8-14(9-7-13)26(24,25)20-12-5-10-16-15-3-1-2-4-17(15)19-18(16)11-12/h1-4,6-9,12,19-20H,5,10-11H2. The summed E-state index contributed by atoms with van der Waals surface area (Å²) in [6, 6.07) is 12.8. The van der Waals surface area contributed by atoms with Crippen molar-refractivity contribution in [3.8, 4) is 0 Å². The molecule has 1 unspecified atom stereocenters. The van der Waals surface area contributed by atoms with E-state index in [-0.39, 0.29) is 16.6 Å². The van der Waals surface area contributed by atoms with E-state index in [1.165, 1.54) is 35.2 Å². The Hall–Kier alpha value is -2.71. The van der Waals surface area contributed by atoms with Crippen LogP contribution in [0.3, 0.4) is 0 Å². The topological polar surface area (TPSA) is 105 Å². The second kappa shape index (κ2) is 6.22. The number of rotatable bonds is 4. The molecule has 4 rings (SSSR count). The maximum absolute atomic E-state index is 12.6. The molecule has 2 aromatic carbocycles. The summed E-state index contributed by atoms with van der Waals surface area (Å²) >= 11 is 0. The van der Waals surface area contributed by atoms with Gasteiger partial charge in [-0.3, -0.25) is 10.1 Å². The molecule has 0 saturated heterocycles. The molecule has 0 saturated carbocycles. The van der Waals surface area contributed by atoms with Gasteiger partial charge in [0.15, 0.2) is 0 Å². The van der Waals surface area contributed by atoms with Crippen LogP contribution in [0.4, 0.5) is 5.69 Å². The van der Waals surface area contributed by atoms with Gasteiger partial charge in [-0.25, -0.2) is 13.1 Å². The predicted octanol–water partition coefficient (Wildman–Crippen LogP) is 2.91. The van der Waals surface area contributed by atoms with Crippen LogP contribution < -0.4 is 4.72 Å². The minimum absolute atomic E-state index is 0.0329. The summed E-state index contributed by atoms with van der Waals surface area (Å²) < 4.78 is 27.9. The highest BCUT2D eigenvalue weighted by Crippen LogP contribution is 2.29. The van der Waals surface area contributed by atoms with E-state index >= 15 is 0 Å². The Morgan fingerprint density at radius 1 is 1.12 bits per heavy atom. The van der Waals surface area contributed by atoms with Crippen molar-refractivity contribution in [1.29, 1.82) is 0 Å². The van der Waals surface area contributed by atoms with Crippen molar-refractivity contribution in [3.63, 3.8) is 0 Å². The Labute approximate surface area is 150 Å². The summed E-state index contributed by atoms with van der Waals surface area (Å²) in [4.78, 5) is 13.6. The molecule has 8 heteroatoms. The molecule has 2 N–H and O–H groups in total. The molecule has 0 fully saturated rings. The number of sulfonamides is 1. The van der Waals surface area contributed by atoms with Gasteiger partial charge in [0.2, 0.25) is 10.0 Å². The maximum atomic E-state index is 12.6. The number of benzene rings is 2. The van der Waals surface area contributed by atoms with Crippen LogP contribution in [0.5, 0.6) is 0 Å². The average molecular weight is 371 g/mol. The Morgan fingerprint density at radius 3 is 2.58 bits per heavy atom. The number of aryl methyl sites for hydroxylation is 1. The molecule has 0 bridgehead atoms. The lowest BCUT2D eigenvalue weighted by Gasteiger charge is -2.23. The lowest BCUT2D eigenvalue weighted by atomic mass is 9.92. The summed E-state index contributed by atoms with van der Waals surface area (Å²) in [5, 5.41) is 11.9.